The summed E-state index contributed by atoms with van der Waals surface area (Å²) in [6.45, 7) is 5.88. The van der Waals surface area contributed by atoms with Gasteiger partial charge in [0, 0.05) is 0 Å². The van der Waals surface area contributed by atoms with Crippen LogP contribution in [0, 0.1) is 0 Å². The number of nitrogens with one attached hydrogen (secondary N) is 1. The lowest BCUT2D eigenvalue weighted by Gasteiger charge is -2.31. The summed E-state index contributed by atoms with van der Waals surface area (Å²) in [6, 6.07) is 22.2. The summed E-state index contributed by atoms with van der Waals surface area (Å²) >= 11 is 1.22. The highest BCUT2D eigenvalue weighted by Crippen LogP contribution is 2.33. The Morgan fingerprint density at radius 3 is 2.36 bits per heavy atom. The average Bonchev–Trinajstić information content (AvgIpc) is 2.88. The van der Waals surface area contributed by atoms with E-state index in [4.69, 9.17) is 4.98 Å². The Morgan fingerprint density at radius 1 is 0.917 bits per heavy atom. The zero-order chi connectivity index (χ0) is 25.4. The summed E-state index contributed by atoms with van der Waals surface area (Å²) in [5, 5.41) is 3.16. The Balaban J connectivity index is 1.59. The van der Waals surface area contributed by atoms with Crippen molar-refractivity contribution in [2.75, 3.05) is 16.8 Å². The molecule has 0 radical (unpaired) electrons. The van der Waals surface area contributed by atoms with Gasteiger partial charge in [-0.2, -0.15) is 0 Å². The van der Waals surface area contributed by atoms with Crippen LogP contribution in [-0.4, -0.2) is 33.2 Å². The minimum absolute atomic E-state index is 0.0606. The van der Waals surface area contributed by atoms with E-state index in [0.717, 1.165) is 11.3 Å². The van der Waals surface area contributed by atoms with E-state index in [9.17, 15) is 14.4 Å². The molecule has 0 bridgehead atoms. The van der Waals surface area contributed by atoms with Crippen LogP contribution in [0.5, 0.6) is 0 Å². The molecule has 0 saturated heterocycles. The second-order valence-electron chi connectivity index (χ2n) is 9.02. The molecule has 3 aromatic carbocycles. The normalized spacial score (nSPS) is 14.0. The van der Waals surface area contributed by atoms with E-state index in [1.165, 1.54) is 16.7 Å². The van der Waals surface area contributed by atoms with Crippen LogP contribution in [0.25, 0.3) is 16.6 Å². The van der Waals surface area contributed by atoms with Crippen molar-refractivity contribution in [3.63, 3.8) is 0 Å². The van der Waals surface area contributed by atoms with Gasteiger partial charge in [-0.3, -0.25) is 23.9 Å². The van der Waals surface area contributed by atoms with E-state index >= 15 is 0 Å². The summed E-state index contributed by atoms with van der Waals surface area (Å²) in [7, 11) is 0. The van der Waals surface area contributed by atoms with Crippen LogP contribution in [0.4, 0.5) is 11.4 Å². The molecule has 0 aliphatic carbocycles. The third-order valence-corrected chi connectivity index (χ3v) is 7.25. The molecule has 1 aliphatic rings. The monoisotopic (exact) mass is 498 g/mol. The van der Waals surface area contributed by atoms with Gasteiger partial charge in [-0.05, 0) is 48.7 Å². The molecule has 1 aliphatic heterocycles. The molecule has 2 amide bonds. The molecule has 1 atom stereocenters. The average molecular weight is 499 g/mol. The van der Waals surface area contributed by atoms with Crippen molar-refractivity contribution in [1.29, 1.82) is 0 Å². The fraction of sp³-hybridized carbons (Fsp3) is 0.214. The Kier molecular flexibility index (Phi) is 6.36. The lowest BCUT2D eigenvalue weighted by atomic mass is 10.0. The number of carbonyl (C=O) groups is 2. The number of amides is 2. The second kappa shape index (κ2) is 9.62. The number of fused-ring (bicyclic) bond motifs is 2. The molecule has 1 unspecified atom stereocenters. The molecule has 8 heteroatoms. The SMILES string of the molecule is CC(Sc1nc2ccccc2c(=O)n1-c1ccccc1C(C)C)C(=O)N1CC(=O)Nc2ccccc21. The quantitative estimate of drug-likeness (QED) is 0.310. The number of carbonyl (C=O) groups excluding carboxylic acids is 2. The number of hydrogen-bond acceptors (Lipinski definition) is 5. The minimum atomic E-state index is -0.602. The van der Waals surface area contributed by atoms with Gasteiger partial charge >= 0.3 is 0 Å². The number of aromatic nitrogens is 2. The van der Waals surface area contributed by atoms with Crippen molar-refractivity contribution >= 4 is 45.9 Å². The van der Waals surface area contributed by atoms with Gasteiger partial charge in [0.15, 0.2) is 5.16 Å². The lowest BCUT2D eigenvalue weighted by molar-refractivity contribution is -0.121. The van der Waals surface area contributed by atoms with Crippen LogP contribution in [0.3, 0.4) is 0 Å². The maximum Gasteiger partial charge on any atom is 0.266 e. The zero-order valence-corrected chi connectivity index (χ0v) is 21.1. The number of hydrogen-bond donors (Lipinski definition) is 1. The Hall–Kier alpha value is -3.91. The van der Waals surface area contributed by atoms with Crippen LogP contribution in [0.2, 0.25) is 0 Å². The van der Waals surface area contributed by atoms with E-state index < -0.39 is 5.25 Å². The van der Waals surface area contributed by atoms with E-state index in [1.807, 2.05) is 54.6 Å². The number of anilines is 2. The van der Waals surface area contributed by atoms with Gasteiger partial charge in [0.25, 0.3) is 5.56 Å². The van der Waals surface area contributed by atoms with E-state index in [-0.39, 0.29) is 29.8 Å². The summed E-state index contributed by atoms with van der Waals surface area (Å²) in [6.07, 6.45) is 0. The van der Waals surface area contributed by atoms with Crippen molar-refractivity contribution in [3.05, 3.63) is 88.7 Å². The second-order valence-corrected chi connectivity index (χ2v) is 10.3. The summed E-state index contributed by atoms with van der Waals surface area (Å²) < 4.78 is 1.61. The first kappa shape index (κ1) is 23.8. The molecule has 5 rings (SSSR count). The maximum atomic E-state index is 13.7. The molecule has 0 fully saturated rings. The summed E-state index contributed by atoms with van der Waals surface area (Å²) in [4.78, 5) is 45.9. The lowest BCUT2D eigenvalue weighted by Crippen LogP contribution is -2.45. The van der Waals surface area contributed by atoms with Crippen LogP contribution in [0.1, 0.15) is 32.3 Å². The number of para-hydroxylation sites is 4. The minimum Gasteiger partial charge on any atom is -0.323 e. The predicted molar refractivity (Wildman–Crippen MR) is 144 cm³/mol. The van der Waals surface area contributed by atoms with E-state index in [1.54, 1.807) is 29.7 Å². The number of rotatable bonds is 5. The van der Waals surface area contributed by atoms with Gasteiger partial charge in [0.1, 0.15) is 6.54 Å². The Labute approximate surface area is 213 Å². The van der Waals surface area contributed by atoms with Crippen LogP contribution < -0.4 is 15.8 Å². The Morgan fingerprint density at radius 2 is 1.58 bits per heavy atom. The van der Waals surface area contributed by atoms with Gasteiger partial charge < -0.3 is 5.32 Å². The maximum absolute atomic E-state index is 13.7. The Bertz CT molecular complexity index is 1550. The van der Waals surface area contributed by atoms with Gasteiger partial charge in [-0.25, -0.2) is 4.98 Å². The molecular formula is C28H26N4O3S. The van der Waals surface area contributed by atoms with Gasteiger partial charge in [-0.1, -0.05) is 68.1 Å². The van der Waals surface area contributed by atoms with Crippen molar-refractivity contribution in [1.82, 2.24) is 9.55 Å². The van der Waals surface area contributed by atoms with E-state index in [2.05, 4.69) is 19.2 Å². The third kappa shape index (κ3) is 4.28. The summed E-state index contributed by atoms with van der Waals surface area (Å²) in [5.41, 5.74) is 3.42. The molecular weight excluding hydrogens is 472 g/mol. The number of nitrogens with zero attached hydrogens (tertiary/aromatic N) is 3. The molecule has 36 heavy (non-hydrogen) atoms. The fourth-order valence-corrected chi connectivity index (χ4v) is 5.42. The third-order valence-electron chi connectivity index (χ3n) is 6.21. The molecule has 1 N–H and O–H groups in total. The van der Waals surface area contributed by atoms with Gasteiger partial charge in [0.05, 0.1) is 33.2 Å². The predicted octanol–water partition coefficient (Wildman–Crippen LogP) is 4.98. The highest BCUT2D eigenvalue weighted by molar-refractivity contribution is 8.00. The van der Waals surface area contributed by atoms with Crippen molar-refractivity contribution in [2.45, 2.75) is 37.1 Å². The molecule has 182 valence electrons. The fourth-order valence-electron chi connectivity index (χ4n) is 4.44. The van der Waals surface area contributed by atoms with Crippen molar-refractivity contribution < 1.29 is 9.59 Å². The number of thioether (sulfide) groups is 1. The first-order valence-electron chi connectivity index (χ1n) is 11.8. The smallest absolute Gasteiger partial charge is 0.266 e. The number of benzene rings is 3. The molecule has 7 nitrogen and oxygen atoms in total. The van der Waals surface area contributed by atoms with Crippen LogP contribution in [0.15, 0.2) is 82.7 Å². The largest absolute Gasteiger partial charge is 0.323 e. The highest BCUT2D eigenvalue weighted by Gasteiger charge is 2.31. The topological polar surface area (TPSA) is 84.3 Å². The molecule has 0 saturated carbocycles. The van der Waals surface area contributed by atoms with Crippen molar-refractivity contribution in [2.24, 2.45) is 0 Å². The molecule has 0 spiro atoms. The van der Waals surface area contributed by atoms with Gasteiger partial charge in [-0.15, -0.1) is 0 Å². The summed E-state index contributed by atoms with van der Waals surface area (Å²) in [5.74, 6) is -0.293. The van der Waals surface area contributed by atoms with Crippen molar-refractivity contribution in [3.8, 4) is 5.69 Å². The first-order valence-corrected chi connectivity index (χ1v) is 12.7. The standard InChI is InChI=1S/C28H26N4O3S/c1-17(2)19-10-5-8-14-23(19)32-27(35)20-11-4-6-12-21(20)30-28(32)36-18(3)26(34)31-16-25(33)29-22-13-7-9-15-24(22)31/h4-15,17-18H,16H2,1-3H3,(H,29,33). The highest BCUT2D eigenvalue weighted by atomic mass is 32.2. The molecule has 4 aromatic rings. The first-order chi connectivity index (χ1) is 17.3. The van der Waals surface area contributed by atoms with E-state index in [0.29, 0.717) is 27.4 Å². The molecule has 2 heterocycles. The van der Waals surface area contributed by atoms with Crippen LogP contribution >= 0.6 is 11.8 Å². The molecule has 1 aromatic heterocycles. The van der Waals surface area contributed by atoms with Gasteiger partial charge in [0.2, 0.25) is 11.8 Å². The zero-order valence-electron chi connectivity index (χ0n) is 20.3. The van der Waals surface area contributed by atoms with Crippen LogP contribution in [-0.2, 0) is 9.59 Å².